The van der Waals surface area contributed by atoms with Crippen molar-refractivity contribution in [3.63, 3.8) is 0 Å². The quantitative estimate of drug-likeness (QED) is 0.671. The molecule has 2 aromatic rings. The van der Waals surface area contributed by atoms with Crippen molar-refractivity contribution in [3.05, 3.63) is 66.2 Å². The maximum absolute atomic E-state index is 3.37. The van der Waals surface area contributed by atoms with E-state index >= 15 is 0 Å². The lowest BCUT2D eigenvalue weighted by atomic mass is 10.0. The summed E-state index contributed by atoms with van der Waals surface area (Å²) in [6, 6.07) is 19.9. The first-order valence-corrected chi connectivity index (χ1v) is 5.10. The van der Waals surface area contributed by atoms with Gasteiger partial charge >= 0.3 is 0 Å². The van der Waals surface area contributed by atoms with Crippen LogP contribution in [0.5, 0.6) is 0 Å². The fourth-order valence-electron chi connectivity index (χ4n) is 1.55. The van der Waals surface area contributed by atoms with Crippen molar-refractivity contribution in [1.82, 2.24) is 0 Å². The van der Waals surface area contributed by atoms with Crippen LogP contribution in [0.25, 0.3) is 17.2 Å². The molecule has 0 unspecified atom stereocenters. The molecular weight excluding hydrogens is 180 g/mol. The van der Waals surface area contributed by atoms with E-state index < -0.39 is 0 Å². The van der Waals surface area contributed by atoms with Gasteiger partial charge in [-0.3, -0.25) is 0 Å². The van der Waals surface area contributed by atoms with Gasteiger partial charge in [-0.2, -0.15) is 0 Å². The van der Waals surface area contributed by atoms with E-state index in [1.54, 1.807) is 0 Å². The van der Waals surface area contributed by atoms with E-state index in [9.17, 15) is 0 Å². The maximum atomic E-state index is 3.37. The predicted octanol–water partition coefficient (Wildman–Crippen LogP) is 4.19. The lowest BCUT2D eigenvalue weighted by molar-refractivity contribution is 1.58. The molecule has 73 valence electrons. The SMILES string of the molecule is CC=Cc1[c]c(-c2ccccc2)ccc1. The Labute approximate surface area is 90.9 Å². The van der Waals surface area contributed by atoms with Crippen molar-refractivity contribution in [2.24, 2.45) is 0 Å². The molecule has 2 aromatic carbocycles. The first kappa shape index (κ1) is 9.72. The zero-order valence-electron chi connectivity index (χ0n) is 8.77. The van der Waals surface area contributed by atoms with E-state index in [4.69, 9.17) is 0 Å². The lowest BCUT2D eigenvalue weighted by Crippen LogP contribution is -1.79. The first-order valence-electron chi connectivity index (χ1n) is 5.10. The molecule has 1 radical (unpaired) electrons. The normalized spacial score (nSPS) is 10.7. The Morgan fingerprint density at radius 2 is 1.73 bits per heavy atom. The number of benzene rings is 2. The van der Waals surface area contributed by atoms with Gasteiger partial charge in [0, 0.05) is 0 Å². The molecular formula is C15H13. The van der Waals surface area contributed by atoms with Gasteiger partial charge in [0.05, 0.1) is 0 Å². The molecule has 0 bridgehead atoms. The summed E-state index contributed by atoms with van der Waals surface area (Å²) in [5.41, 5.74) is 3.48. The fraction of sp³-hybridized carbons (Fsp3) is 0.0667. The third-order valence-corrected chi connectivity index (χ3v) is 2.25. The Morgan fingerprint density at radius 1 is 0.933 bits per heavy atom. The third-order valence-electron chi connectivity index (χ3n) is 2.25. The summed E-state index contributed by atoms with van der Waals surface area (Å²) in [5.74, 6) is 0. The highest BCUT2D eigenvalue weighted by Gasteiger charge is 1.96. The van der Waals surface area contributed by atoms with E-state index in [0.717, 1.165) is 11.1 Å². The van der Waals surface area contributed by atoms with E-state index in [1.165, 1.54) is 5.56 Å². The molecule has 0 aliphatic carbocycles. The topological polar surface area (TPSA) is 0 Å². The molecule has 0 fully saturated rings. The summed E-state index contributed by atoms with van der Waals surface area (Å²) < 4.78 is 0. The van der Waals surface area contributed by atoms with Crippen LogP contribution in [0.3, 0.4) is 0 Å². The van der Waals surface area contributed by atoms with Crippen molar-refractivity contribution >= 4 is 6.08 Å². The van der Waals surface area contributed by atoms with Crippen LogP contribution in [-0.4, -0.2) is 0 Å². The molecule has 0 aliphatic heterocycles. The number of allylic oxidation sites excluding steroid dienone is 1. The highest BCUT2D eigenvalue weighted by Crippen LogP contribution is 2.19. The van der Waals surface area contributed by atoms with Crippen LogP contribution in [0.1, 0.15) is 12.5 Å². The van der Waals surface area contributed by atoms with Crippen LogP contribution in [0.4, 0.5) is 0 Å². The second-order valence-electron chi connectivity index (χ2n) is 3.39. The highest BCUT2D eigenvalue weighted by molar-refractivity contribution is 5.66. The smallest absolute Gasteiger partial charge is 0.00207 e. The summed E-state index contributed by atoms with van der Waals surface area (Å²) in [6.07, 6.45) is 4.09. The highest BCUT2D eigenvalue weighted by atomic mass is 14.0. The Balaban J connectivity index is 2.41. The second-order valence-corrected chi connectivity index (χ2v) is 3.39. The Kier molecular flexibility index (Phi) is 2.99. The average molecular weight is 193 g/mol. The third kappa shape index (κ3) is 2.35. The van der Waals surface area contributed by atoms with E-state index in [0.29, 0.717) is 0 Å². The zero-order valence-corrected chi connectivity index (χ0v) is 8.77. The minimum atomic E-state index is 1.12. The summed E-state index contributed by atoms with van der Waals surface area (Å²) in [5, 5.41) is 0. The van der Waals surface area contributed by atoms with Crippen molar-refractivity contribution in [1.29, 1.82) is 0 Å². The van der Waals surface area contributed by atoms with Crippen LogP contribution in [0.15, 0.2) is 54.6 Å². The molecule has 0 saturated carbocycles. The van der Waals surface area contributed by atoms with Gasteiger partial charge in [-0.1, -0.05) is 60.7 Å². The predicted molar refractivity (Wildman–Crippen MR) is 65.4 cm³/mol. The Hall–Kier alpha value is -1.82. The van der Waals surface area contributed by atoms with Crippen molar-refractivity contribution < 1.29 is 0 Å². The average Bonchev–Trinajstić information content (AvgIpc) is 2.31. The van der Waals surface area contributed by atoms with Gasteiger partial charge in [-0.15, -0.1) is 0 Å². The van der Waals surface area contributed by atoms with E-state index in [1.807, 2.05) is 31.2 Å². The zero-order chi connectivity index (χ0) is 10.5. The molecule has 0 nitrogen and oxygen atoms in total. The van der Waals surface area contributed by atoms with Gasteiger partial charge in [0.2, 0.25) is 0 Å². The molecule has 0 atom stereocenters. The monoisotopic (exact) mass is 193 g/mol. The van der Waals surface area contributed by atoms with Crippen LogP contribution >= 0.6 is 0 Å². The second kappa shape index (κ2) is 4.61. The number of hydrogen-bond acceptors (Lipinski definition) is 0. The van der Waals surface area contributed by atoms with Gasteiger partial charge < -0.3 is 0 Å². The molecule has 0 spiro atoms. The van der Waals surface area contributed by atoms with E-state index in [2.05, 4.69) is 42.5 Å². The molecule has 0 aliphatic rings. The molecule has 0 heterocycles. The molecule has 0 heteroatoms. The maximum Gasteiger partial charge on any atom is -0.00207 e. The Morgan fingerprint density at radius 3 is 2.47 bits per heavy atom. The fourth-order valence-corrected chi connectivity index (χ4v) is 1.55. The summed E-state index contributed by atoms with van der Waals surface area (Å²) in [6.45, 7) is 2.02. The summed E-state index contributed by atoms with van der Waals surface area (Å²) in [4.78, 5) is 0. The summed E-state index contributed by atoms with van der Waals surface area (Å²) in [7, 11) is 0. The van der Waals surface area contributed by atoms with Crippen molar-refractivity contribution in [2.75, 3.05) is 0 Å². The molecule has 0 amide bonds. The lowest BCUT2D eigenvalue weighted by Gasteiger charge is -2.01. The van der Waals surface area contributed by atoms with Gasteiger partial charge in [0.1, 0.15) is 0 Å². The standard InChI is InChI=1S/C15H13/c1-2-7-13-8-6-11-15(12-13)14-9-4-3-5-10-14/h2-11H,1H3. The largest absolute Gasteiger partial charge is 0.0870 e. The van der Waals surface area contributed by atoms with Gasteiger partial charge in [0.25, 0.3) is 0 Å². The van der Waals surface area contributed by atoms with Gasteiger partial charge in [-0.05, 0) is 29.7 Å². The number of rotatable bonds is 2. The first-order chi connectivity index (χ1) is 7.40. The molecule has 0 N–H and O–H groups in total. The summed E-state index contributed by atoms with van der Waals surface area (Å²) >= 11 is 0. The minimum Gasteiger partial charge on any atom is -0.0870 e. The van der Waals surface area contributed by atoms with Gasteiger partial charge in [0.15, 0.2) is 0 Å². The molecule has 0 saturated heterocycles. The van der Waals surface area contributed by atoms with Gasteiger partial charge in [-0.25, -0.2) is 0 Å². The minimum absolute atomic E-state index is 1.12. The van der Waals surface area contributed by atoms with E-state index in [-0.39, 0.29) is 0 Å². The molecule has 0 aromatic heterocycles. The van der Waals surface area contributed by atoms with Crippen LogP contribution in [-0.2, 0) is 0 Å². The number of hydrogen-bond donors (Lipinski definition) is 0. The van der Waals surface area contributed by atoms with Crippen LogP contribution in [0, 0.1) is 6.07 Å². The van der Waals surface area contributed by atoms with Crippen molar-refractivity contribution in [3.8, 4) is 11.1 Å². The van der Waals surface area contributed by atoms with Crippen molar-refractivity contribution in [2.45, 2.75) is 6.92 Å². The van der Waals surface area contributed by atoms with Crippen LogP contribution < -0.4 is 0 Å². The molecule has 2 rings (SSSR count). The van der Waals surface area contributed by atoms with Crippen LogP contribution in [0.2, 0.25) is 0 Å². The Bertz CT molecular complexity index is 452. The molecule has 15 heavy (non-hydrogen) atoms.